The van der Waals surface area contributed by atoms with Crippen LogP contribution in [0.2, 0.25) is 0 Å². The normalized spacial score (nSPS) is 20.3. The van der Waals surface area contributed by atoms with Crippen molar-refractivity contribution >= 4 is 11.9 Å². The molecule has 1 aliphatic rings. The number of carboxylic acids is 1. The van der Waals surface area contributed by atoms with E-state index in [1.165, 1.54) is 24.3 Å². The van der Waals surface area contributed by atoms with Gasteiger partial charge in [-0.15, -0.1) is 0 Å². The second-order valence-corrected chi connectivity index (χ2v) is 5.05. The molecule has 8 heteroatoms. The van der Waals surface area contributed by atoms with Gasteiger partial charge in [-0.25, -0.2) is 0 Å². The summed E-state index contributed by atoms with van der Waals surface area (Å²) in [5.41, 5.74) is 0.681. The van der Waals surface area contributed by atoms with E-state index < -0.39 is 30.6 Å². The third-order valence-electron chi connectivity index (χ3n) is 3.24. The predicted molar refractivity (Wildman–Crippen MR) is 69.1 cm³/mol. The Morgan fingerprint density at radius 3 is 2.36 bits per heavy atom. The molecule has 0 spiro atoms. The molecule has 120 valence electrons. The van der Waals surface area contributed by atoms with E-state index in [0.717, 1.165) is 0 Å². The van der Waals surface area contributed by atoms with Crippen LogP contribution in [0.4, 0.5) is 13.2 Å². The molecule has 2 rings (SSSR count). The van der Waals surface area contributed by atoms with Gasteiger partial charge in [0.2, 0.25) is 5.91 Å². The van der Waals surface area contributed by atoms with Gasteiger partial charge in [-0.3, -0.25) is 9.59 Å². The number of benzene rings is 1. The zero-order valence-electron chi connectivity index (χ0n) is 11.4. The molecule has 0 aliphatic heterocycles. The molecule has 22 heavy (non-hydrogen) atoms. The first-order valence-electron chi connectivity index (χ1n) is 6.55. The molecule has 0 heterocycles. The van der Waals surface area contributed by atoms with Crippen LogP contribution in [0, 0.1) is 11.8 Å². The number of rotatable bonds is 6. The van der Waals surface area contributed by atoms with Gasteiger partial charge in [0.05, 0.1) is 11.8 Å². The van der Waals surface area contributed by atoms with E-state index >= 15 is 0 Å². The number of hydrogen-bond donors (Lipinski definition) is 2. The van der Waals surface area contributed by atoms with Gasteiger partial charge in [0.1, 0.15) is 5.75 Å². The van der Waals surface area contributed by atoms with Crippen molar-refractivity contribution in [3.8, 4) is 5.75 Å². The highest BCUT2D eigenvalue weighted by molar-refractivity contribution is 5.89. The molecule has 1 aliphatic carbocycles. The van der Waals surface area contributed by atoms with Crippen LogP contribution in [0.5, 0.6) is 5.75 Å². The topological polar surface area (TPSA) is 75.6 Å². The van der Waals surface area contributed by atoms with Crippen LogP contribution in [0.1, 0.15) is 12.0 Å². The number of aliphatic carboxylic acids is 1. The highest BCUT2D eigenvalue weighted by atomic mass is 19.4. The summed E-state index contributed by atoms with van der Waals surface area (Å²) in [6.45, 7) is -1.18. The van der Waals surface area contributed by atoms with E-state index in [4.69, 9.17) is 5.11 Å². The van der Waals surface area contributed by atoms with Crippen LogP contribution in [0.25, 0.3) is 0 Å². The number of alkyl halides is 3. The zero-order chi connectivity index (χ0) is 16.3. The second kappa shape index (κ2) is 6.25. The fraction of sp³-hybridized carbons (Fsp3) is 0.429. The van der Waals surface area contributed by atoms with Gasteiger partial charge < -0.3 is 15.2 Å². The lowest BCUT2D eigenvalue weighted by Crippen LogP contribution is -2.25. The smallest absolute Gasteiger partial charge is 0.422 e. The Balaban J connectivity index is 1.77. The van der Waals surface area contributed by atoms with E-state index in [0.29, 0.717) is 12.0 Å². The average Bonchev–Trinajstić information content (AvgIpc) is 3.23. The lowest BCUT2D eigenvalue weighted by Gasteiger charge is -2.10. The van der Waals surface area contributed by atoms with Crippen molar-refractivity contribution in [1.82, 2.24) is 5.32 Å². The molecule has 1 fully saturated rings. The summed E-state index contributed by atoms with van der Waals surface area (Å²) in [6.07, 6.45) is -4.05. The fourth-order valence-corrected chi connectivity index (χ4v) is 1.95. The summed E-state index contributed by atoms with van der Waals surface area (Å²) in [7, 11) is 0. The summed E-state index contributed by atoms with van der Waals surface area (Å²) in [6, 6.07) is 5.83. The van der Waals surface area contributed by atoms with Gasteiger partial charge in [0.25, 0.3) is 0 Å². The molecule has 0 radical (unpaired) electrons. The van der Waals surface area contributed by atoms with E-state index in [1.54, 1.807) is 0 Å². The Morgan fingerprint density at radius 2 is 1.86 bits per heavy atom. The predicted octanol–water partition coefficient (Wildman–Crippen LogP) is 1.96. The molecule has 2 unspecified atom stereocenters. The minimum absolute atomic E-state index is 0.0838. The third kappa shape index (κ3) is 4.64. The Labute approximate surface area is 124 Å². The molecule has 0 saturated heterocycles. The average molecular weight is 317 g/mol. The standard InChI is InChI=1S/C14H14F3NO4/c15-14(16,17)7-22-9-3-1-8(2-4-9)6-18-12(19)10-5-11(10)13(20)21/h1-4,10-11H,5-7H2,(H,18,19)(H,20,21). The van der Waals surface area contributed by atoms with Gasteiger partial charge >= 0.3 is 12.1 Å². The zero-order valence-corrected chi connectivity index (χ0v) is 11.4. The molecule has 2 atom stereocenters. The summed E-state index contributed by atoms with van der Waals surface area (Å²) in [5, 5.41) is 11.3. The van der Waals surface area contributed by atoms with Gasteiger partial charge in [-0.1, -0.05) is 12.1 Å². The second-order valence-electron chi connectivity index (χ2n) is 5.05. The number of amides is 1. The molecule has 0 aromatic heterocycles. The molecule has 1 aromatic carbocycles. The number of ether oxygens (including phenoxy) is 1. The molecular weight excluding hydrogens is 303 g/mol. The molecule has 2 N–H and O–H groups in total. The Bertz CT molecular complexity index is 556. The van der Waals surface area contributed by atoms with Crippen molar-refractivity contribution in [2.45, 2.75) is 19.1 Å². The van der Waals surface area contributed by atoms with Crippen molar-refractivity contribution in [3.05, 3.63) is 29.8 Å². The Hall–Kier alpha value is -2.25. The number of hydrogen-bond acceptors (Lipinski definition) is 3. The largest absolute Gasteiger partial charge is 0.484 e. The van der Waals surface area contributed by atoms with Crippen molar-refractivity contribution in [1.29, 1.82) is 0 Å². The molecule has 1 aromatic rings. The quantitative estimate of drug-likeness (QED) is 0.841. The SMILES string of the molecule is O=C(O)C1CC1C(=O)NCc1ccc(OCC(F)(F)F)cc1. The number of halogens is 3. The minimum atomic E-state index is -4.39. The maximum atomic E-state index is 12.0. The van der Waals surface area contributed by atoms with Crippen molar-refractivity contribution in [3.63, 3.8) is 0 Å². The van der Waals surface area contributed by atoms with E-state index in [-0.39, 0.29) is 18.2 Å². The first-order chi connectivity index (χ1) is 10.3. The van der Waals surface area contributed by atoms with Gasteiger partial charge in [-0.05, 0) is 24.1 Å². The van der Waals surface area contributed by atoms with Crippen molar-refractivity contribution in [2.24, 2.45) is 11.8 Å². The van der Waals surface area contributed by atoms with E-state index in [1.807, 2.05) is 0 Å². The number of nitrogens with one attached hydrogen (secondary N) is 1. The Morgan fingerprint density at radius 1 is 1.23 bits per heavy atom. The summed E-state index contributed by atoms with van der Waals surface area (Å²) >= 11 is 0. The maximum Gasteiger partial charge on any atom is 0.422 e. The molecule has 1 saturated carbocycles. The third-order valence-corrected chi connectivity index (χ3v) is 3.24. The summed E-state index contributed by atoms with van der Waals surface area (Å²) < 4.78 is 40.5. The van der Waals surface area contributed by atoms with Crippen LogP contribution in [-0.2, 0) is 16.1 Å². The first kappa shape index (κ1) is 16.1. The fourth-order valence-electron chi connectivity index (χ4n) is 1.95. The Kier molecular flexibility index (Phi) is 4.58. The highest BCUT2D eigenvalue weighted by Crippen LogP contribution is 2.38. The molecule has 1 amide bonds. The van der Waals surface area contributed by atoms with Crippen molar-refractivity contribution < 1.29 is 32.6 Å². The van der Waals surface area contributed by atoms with Gasteiger partial charge in [0.15, 0.2) is 6.61 Å². The highest BCUT2D eigenvalue weighted by Gasteiger charge is 2.48. The minimum Gasteiger partial charge on any atom is -0.484 e. The van der Waals surface area contributed by atoms with Crippen LogP contribution in [-0.4, -0.2) is 29.8 Å². The van der Waals surface area contributed by atoms with Crippen LogP contribution >= 0.6 is 0 Å². The lowest BCUT2D eigenvalue weighted by atomic mass is 10.2. The van der Waals surface area contributed by atoms with E-state index in [9.17, 15) is 22.8 Å². The number of carboxylic acid groups (broad SMARTS) is 1. The van der Waals surface area contributed by atoms with Gasteiger partial charge in [-0.2, -0.15) is 13.2 Å². The lowest BCUT2D eigenvalue weighted by molar-refractivity contribution is -0.153. The van der Waals surface area contributed by atoms with E-state index in [2.05, 4.69) is 10.1 Å². The number of carbonyl (C=O) groups is 2. The number of carbonyl (C=O) groups excluding carboxylic acids is 1. The summed E-state index contributed by atoms with van der Waals surface area (Å²) in [5.74, 6) is -2.33. The van der Waals surface area contributed by atoms with Crippen LogP contribution in [0.15, 0.2) is 24.3 Å². The molecular formula is C14H14F3NO4. The maximum absolute atomic E-state index is 12.0. The molecule has 5 nitrogen and oxygen atoms in total. The monoisotopic (exact) mass is 317 g/mol. The van der Waals surface area contributed by atoms with Gasteiger partial charge in [0, 0.05) is 6.54 Å². The van der Waals surface area contributed by atoms with Crippen LogP contribution < -0.4 is 10.1 Å². The molecule has 0 bridgehead atoms. The van der Waals surface area contributed by atoms with Crippen molar-refractivity contribution in [2.75, 3.05) is 6.61 Å². The summed E-state index contributed by atoms with van der Waals surface area (Å²) in [4.78, 5) is 22.3. The van der Waals surface area contributed by atoms with Crippen LogP contribution in [0.3, 0.4) is 0 Å². The first-order valence-corrected chi connectivity index (χ1v) is 6.55.